The van der Waals surface area contributed by atoms with E-state index in [1.54, 1.807) is 63.7 Å². The van der Waals surface area contributed by atoms with Gasteiger partial charge in [0.25, 0.3) is 5.91 Å². The van der Waals surface area contributed by atoms with Gasteiger partial charge in [0.2, 0.25) is 0 Å². The van der Waals surface area contributed by atoms with E-state index in [0.717, 1.165) is 5.56 Å². The number of thioether (sulfide) groups is 1. The molecule has 0 radical (unpaired) electrons. The van der Waals surface area contributed by atoms with Crippen LogP contribution in [0, 0.1) is 0 Å². The lowest BCUT2D eigenvalue weighted by Crippen LogP contribution is -2.23. The van der Waals surface area contributed by atoms with E-state index < -0.39 is 5.97 Å². The number of esters is 1. The van der Waals surface area contributed by atoms with Gasteiger partial charge in [-0.1, -0.05) is 6.07 Å². The third-order valence-electron chi connectivity index (χ3n) is 4.22. The first kappa shape index (κ1) is 20.5. The second-order valence-corrected chi connectivity index (χ2v) is 7.03. The summed E-state index contributed by atoms with van der Waals surface area (Å²) in [6.07, 6.45) is 1.79. The van der Waals surface area contributed by atoms with Gasteiger partial charge in [0.05, 0.1) is 37.5 Å². The minimum atomic E-state index is -0.410. The number of hydrogen-bond acceptors (Lipinski definition) is 7. The van der Waals surface area contributed by atoms with Gasteiger partial charge in [-0.3, -0.25) is 9.69 Å². The molecule has 0 unspecified atom stereocenters. The van der Waals surface area contributed by atoms with E-state index in [1.807, 2.05) is 6.07 Å². The van der Waals surface area contributed by atoms with E-state index in [4.69, 9.17) is 9.47 Å². The molecule has 1 heterocycles. The van der Waals surface area contributed by atoms with Gasteiger partial charge in [0.1, 0.15) is 0 Å². The standard InChI is InChI=1S/C21H20N2O5S/c1-23-19(24)18(12-13-5-10-16(26-2)17(11-13)27-3)29-21(23)22-15-8-6-14(7-9-15)20(25)28-4/h5-12H,1-4H3/b18-12+,22-21?. The second kappa shape index (κ2) is 8.83. The Hall–Kier alpha value is -3.26. The minimum Gasteiger partial charge on any atom is -0.493 e. The maximum atomic E-state index is 12.6. The van der Waals surface area contributed by atoms with Crippen molar-refractivity contribution in [2.45, 2.75) is 0 Å². The molecule has 1 aliphatic rings. The summed E-state index contributed by atoms with van der Waals surface area (Å²) < 4.78 is 15.2. The third kappa shape index (κ3) is 4.43. The number of rotatable bonds is 5. The molecule has 0 aliphatic carbocycles. The summed E-state index contributed by atoms with van der Waals surface area (Å²) in [4.78, 5) is 30.7. The van der Waals surface area contributed by atoms with Gasteiger partial charge < -0.3 is 14.2 Å². The largest absolute Gasteiger partial charge is 0.493 e. The summed E-state index contributed by atoms with van der Waals surface area (Å²) in [5, 5.41) is 0.549. The van der Waals surface area contributed by atoms with Crippen LogP contribution in [0.4, 0.5) is 5.69 Å². The molecule has 7 nitrogen and oxygen atoms in total. The van der Waals surface area contributed by atoms with Crippen molar-refractivity contribution in [2.75, 3.05) is 28.4 Å². The first-order chi connectivity index (χ1) is 14.0. The van der Waals surface area contributed by atoms with Crippen LogP contribution >= 0.6 is 11.8 Å². The predicted molar refractivity (Wildman–Crippen MR) is 113 cm³/mol. The van der Waals surface area contributed by atoms with Crippen LogP contribution in [-0.2, 0) is 9.53 Å². The molecular weight excluding hydrogens is 392 g/mol. The topological polar surface area (TPSA) is 77.4 Å². The Morgan fingerprint density at radius 3 is 2.34 bits per heavy atom. The van der Waals surface area contributed by atoms with Crippen LogP contribution in [0.2, 0.25) is 0 Å². The summed E-state index contributed by atoms with van der Waals surface area (Å²) in [5.41, 5.74) is 1.89. The number of carbonyl (C=O) groups excluding carboxylic acids is 2. The van der Waals surface area contributed by atoms with Crippen LogP contribution in [0.3, 0.4) is 0 Å². The van der Waals surface area contributed by atoms with Crippen molar-refractivity contribution >= 4 is 40.6 Å². The Bertz CT molecular complexity index is 999. The van der Waals surface area contributed by atoms with Crippen LogP contribution in [0.5, 0.6) is 11.5 Å². The van der Waals surface area contributed by atoms with Crippen molar-refractivity contribution in [2.24, 2.45) is 4.99 Å². The van der Waals surface area contributed by atoms with Crippen LogP contribution in [0.25, 0.3) is 6.08 Å². The quantitative estimate of drug-likeness (QED) is 0.550. The summed E-state index contributed by atoms with van der Waals surface area (Å²) in [6.45, 7) is 0. The van der Waals surface area contributed by atoms with E-state index in [0.29, 0.717) is 32.8 Å². The SMILES string of the molecule is COC(=O)c1ccc(N=C2S/C(=C/c3ccc(OC)c(OC)c3)C(=O)N2C)cc1. The lowest BCUT2D eigenvalue weighted by atomic mass is 10.2. The molecule has 0 bridgehead atoms. The molecule has 1 saturated heterocycles. The summed E-state index contributed by atoms with van der Waals surface area (Å²) >= 11 is 1.28. The summed E-state index contributed by atoms with van der Waals surface area (Å²) in [7, 11) is 6.14. The Labute approximate surface area is 173 Å². The summed E-state index contributed by atoms with van der Waals surface area (Å²) in [6, 6.07) is 12.1. The molecule has 1 fully saturated rings. The van der Waals surface area contributed by atoms with Crippen molar-refractivity contribution in [1.82, 2.24) is 4.90 Å². The average molecular weight is 412 g/mol. The fourth-order valence-electron chi connectivity index (χ4n) is 2.65. The number of aliphatic imine (C=N–C) groups is 1. The molecule has 0 aromatic heterocycles. The maximum Gasteiger partial charge on any atom is 0.337 e. The van der Waals surface area contributed by atoms with Gasteiger partial charge >= 0.3 is 5.97 Å². The number of nitrogens with zero attached hydrogens (tertiary/aromatic N) is 2. The van der Waals surface area contributed by atoms with Crippen molar-refractivity contribution in [3.05, 3.63) is 58.5 Å². The van der Waals surface area contributed by atoms with Gasteiger partial charge in [-0.05, 0) is 59.8 Å². The molecule has 2 aromatic carbocycles. The zero-order valence-electron chi connectivity index (χ0n) is 16.5. The number of carbonyl (C=O) groups is 2. The number of amidine groups is 1. The highest BCUT2D eigenvalue weighted by Gasteiger charge is 2.30. The highest BCUT2D eigenvalue weighted by atomic mass is 32.2. The van der Waals surface area contributed by atoms with Crippen LogP contribution in [-0.4, -0.2) is 50.3 Å². The smallest absolute Gasteiger partial charge is 0.337 e. The third-order valence-corrected chi connectivity index (χ3v) is 5.28. The minimum absolute atomic E-state index is 0.144. The molecule has 0 spiro atoms. The fraction of sp³-hybridized carbons (Fsp3) is 0.190. The molecule has 2 aromatic rings. The molecule has 8 heteroatoms. The zero-order chi connectivity index (χ0) is 21.0. The molecule has 0 N–H and O–H groups in total. The first-order valence-corrected chi connectivity index (χ1v) is 9.45. The van der Waals surface area contributed by atoms with Gasteiger partial charge in [0, 0.05) is 7.05 Å². The van der Waals surface area contributed by atoms with E-state index in [1.165, 1.54) is 23.8 Å². The Kier molecular flexibility index (Phi) is 6.23. The fourth-order valence-corrected chi connectivity index (χ4v) is 3.63. The van der Waals surface area contributed by atoms with Gasteiger partial charge in [0.15, 0.2) is 16.7 Å². The van der Waals surface area contributed by atoms with Crippen molar-refractivity contribution < 1.29 is 23.8 Å². The molecular formula is C21H20N2O5S. The molecule has 1 aliphatic heterocycles. The predicted octanol–water partition coefficient (Wildman–Crippen LogP) is 3.72. The van der Waals surface area contributed by atoms with E-state index >= 15 is 0 Å². The lowest BCUT2D eigenvalue weighted by molar-refractivity contribution is -0.121. The number of methoxy groups -OCH3 is 3. The number of benzene rings is 2. The van der Waals surface area contributed by atoms with Crippen LogP contribution < -0.4 is 9.47 Å². The van der Waals surface area contributed by atoms with Crippen LogP contribution in [0.1, 0.15) is 15.9 Å². The summed E-state index contributed by atoms with van der Waals surface area (Å²) in [5.74, 6) is 0.654. The number of ether oxygens (including phenoxy) is 3. The Balaban J connectivity index is 1.84. The highest BCUT2D eigenvalue weighted by Crippen LogP contribution is 2.35. The zero-order valence-corrected chi connectivity index (χ0v) is 17.3. The van der Waals surface area contributed by atoms with Crippen molar-refractivity contribution in [3.63, 3.8) is 0 Å². The Morgan fingerprint density at radius 1 is 1.03 bits per heavy atom. The molecule has 0 saturated carbocycles. The number of hydrogen-bond donors (Lipinski definition) is 0. The normalized spacial score (nSPS) is 16.4. The van der Waals surface area contributed by atoms with Gasteiger partial charge in [-0.2, -0.15) is 0 Å². The average Bonchev–Trinajstić information content (AvgIpc) is 3.01. The lowest BCUT2D eigenvalue weighted by Gasteiger charge is -2.08. The molecule has 1 amide bonds. The number of amides is 1. The first-order valence-electron chi connectivity index (χ1n) is 8.63. The molecule has 0 atom stereocenters. The monoisotopic (exact) mass is 412 g/mol. The molecule has 150 valence electrons. The molecule has 29 heavy (non-hydrogen) atoms. The van der Waals surface area contributed by atoms with Gasteiger partial charge in [-0.15, -0.1) is 0 Å². The number of likely N-dealkylation sites (N-methyl/N-ethyl adjacent to an activating group) is 1. The highest BCUT2D eigenvalue weighted by molar-refractivity contribution is 8.18. The van der Waals surface area contributed by atoms with E-state index in [-0.39, 0.29) is 5.91 Å². The van der Waals surface area contributed by atoms with Gasteiger partial charge in [-0.25, -0.2) is 9.79 Å². The van der Waals surface area contributed by atoms with E-state index in [2.05, 4.69) is 9.73 Å². The van der Waals surface area contributed by atoms with Crippen molar-refractivity contribution in [3.8, 4) is 11.5 Å². The molecule has 3 rings (SSSR count). The van der Waals surface area contributed by atoms with Crippen LogP contribution in [0.15, 0.2) is 52.4 Å². The van der Waals surface area contributed by atoms with E-state index in [9.17, 15) is 9.59 Å². The Morgan fingerprint density at radius 2 is 1.72 bits per heavy atom. The maximum absolute atomic E-state index is 12.6. The van der Waals surface area contributed by atoms with Crippen molar-refractivity contribution in [1.29, 1.82) is 0 Å². The second-order valence-electron chi connectivity index (χ2n) is 6.02.